The van der Waals surface area contributed by atoms with Crippen molar-refractivity contribution in [3.8, 4) is 16.9 Å². The highest BCUT2D eigenvalue weighted by atomic mass is 16.5. The van der Waals surface area contributed by atoms with Gasteiger partial charge in [0.2, 0.25) is 5.90 Å². The minimum absolute atomic E-state index is 0.101. The smallest absolute Gasteiger partial charge is 0.202 e. The molecule has 0 aliphatic carbocycles. The number of ether oxygens (including phenoxy) is 2. The number of hydrogen-bond donors (Lipinski definition) is 1. The average Bonchev–Trinajstić information content (AvgIpc) is 2.76. The Kier molecular flexibility index (Phi) is 6.41. The molecular weight excluding hydrogens is 352 g/mol. The third kappa shape index (κ3) is 5.20. The maximum Gasteiger partial charge on any atom is 0.202 e. The summed E-state index contributed by atoms with van der Waals surface area (Å²) in [6.45, 7) is 2.00. The number of rotatable bonds is 7. The first-order chi connectivity index (χ1) is 13.7. The minimum Gasteiger partial charge on any atom is -0.489 e. The first-order valence-electron chi connectivity index (χ1n) is 8.93. The summed E-state index contributed by atoms with van der Waals surface area (Å²) in [6, 6.07) is 25.2. The van der Waals surface area contributed by atoms with Gasteiger partial charge in [0.15, 0.2) is 12.4 Å². The van der Waals surface area contributed by atoms with Crippen LogP contribution in [0.4, 0.5) is 0 Å². The summed E-state index contributed by atoms with van der Waals surface area (Å²) >= 11 is 0. The number of carbonyl (C=O) groups is 1. The molecule has 5 nitrogen and oxygen atoms in total. The normalized spacial score (nSPS) is 11.1. The molecule has 3 rings (SSSR count). The molecule has 0 aromatic heterocycles. The highest BCUT2D eigenvalue weighted by Crippen LogP contribution is 2.25. The fourth-order valence-corrected chi connectivity index (χ4v) is 2.67. The van der Waals surface area contributed by atoms with Crippen LogP contribution >= 0.6 is 0 Å². The van der Waals surface area contributed by atoms with Gasteiger partial charge in [0.1, 0.15) is 12.4 Å². The maximum absolute atomic E-state index is 12.3. The second-order valence-corrected chi connectivity index (χ2v) is 6.24. The molecule has 0 amide bonds. The third-order valence-electron chi connectivity index (χ3n) is 4.19. The van der Waals surface area contributed by atoms with Crippen molar-refractivity contribution in [1.29, 1.82) is 0 Å². The van der Waals surface area contributed by atoms with E-state index in [9.17, 15) is 4.79 Å². The topological polar surface area (TPSA) is 73.9 Å². The lowest BCUT2D eigenvalue weighted by Crippen LogP contribution is -2.13. The van der Waals surface area contributed by atoms with E-state index in [1.165, 1.54) is 0 Å². The molecule has 0 fully saturated rings. The fraction of sp³-hybridized carbons (Fsp3) is 0.130. The van der Waals surface area contributed by atoms with Crippen molar-refractivity contribution in [2.75, 3.05) is 6.61 Å². The predicted octanol–water partition coefficient (Wildman–Crippen LogP) is 4.42. The molecule has 0 aliphatic rings. The van der Waals surface area contributed by atoms with Crippen LogP contribution in [0.5, 0.6) is 5.75 Å². The molecule has 5 heteroatoms. The summed E-state index contributed by atoms with van der Waals surface area (Å²) in [6.07, 6.45) is 0. The van der Waals surface area contributed by atoms with Crippen LogP contribution in [0.25, 0.3) is 11.1 Å². The van der Waals surface area contributed by atoms with Crippen molar-refractivity contribution in [2.45, 2.75) is 13.5 Å². The van der Waals surface area contributed by atoms with E-state index in [4.69, 9.17) is 15.3 Å². The van der Waals surface area contributed by atoms with Crippen molar-refractivity contribution in [3.63, 3.8) is 0 Å². The summed E-state index contributed by atoms with van der Waals surface area (Å²) in [5, 5.41) is 3.40. The number of nitrogens with zero attached hydrogens (tertiary/aromatic N) is 1. The number of benzene rings is 3. The Morgan fingerprint density at radius 1 is 0.929 bits per heavy atom. The number of nitrogens with two attached hydrogens (primary N) is 1. The standard InChI is InChI=1S/C23H22N2O3/c1-17(25-24)27-16-23(26)21-11-5-9-19(13-21)20-10-6-12-22(14-20)28-15-18-7-3-2-4-8-18/h2-14H,15-16,24H2,1H3/b25-17-. The predicted molar refractivity (Wildman–Crippen MR) is 110 cm³/mol. The molecule has 0 saturated carbocycles. The van der Waals surface area contributed by atoms with Gasteiger partial charge < -0.3 is 15.3 Å². The lowest BCUT2D eigenvalue weighted by Gasteiger charge is -2.10. The number of Topliss-reactive ketones (excluding diaryl/α,β-unsaturated/α-hetero) is 1. The average molecular weight is 374 g/mol. The van der Waals surface area contributed by atoms with Gasteiger partial charge in [0.25, 0.3) is 0 Å². The van der Waals surface area contributed by atoms with Crippen LogP contribution < -0.4 is 10.6 Å². The van der Waals surface area contributed by atoms with Gasteiger partial charge in [-0.2, -0.15) is 0 Å². The van der Waals surface area contributed by atoms with Gasteiger partial charge in [0.05, 0.1) is 0 Å². The Morgan fingerprint density at radius 3 is 2.39 bits per heavy atom. The van der Waals surface area contributed by atoms with Gasteiger partial charge >= 0.3 is 0 Å². The van der Waals surface area contributed by atoms with Crippen molar-refractivity contribution in [3.05, 3.63) is 90.0 Å². The van der Waals surface area contributed by atoms with Crippen molar-refractivity contribution >= 4 is 11.7 Å². The molecule has 28 heavy (non-hydrogen) atoms. The van der Waals surface area contributed by atoms with Crippen LogP contribution in [-0.4, -0.2) is 18.3 Å². The van der Waals surface area contributed by atoms with Crippen LogP contribution in [0.2, 0.25) is 0 Å². The van der Waals surface area contributed by atoms with Crippen molar-refractivity contribution in [1.82, 2.24) is 0 Å². The third-order valence-corrected chi connectivity index (χ3v) is 4.19. The Hall–Kier alpha value is -3.60. The Balaban J connectivity index is 1.72. The van der Waals surface area contributed by atoms with Gasteiger partial charge in [-0.3, -0.25) is 4.79 Å². The Bertz CT molecular complexity index is 968. The number of carbonyl (C=O) groups excluding carboxylic acids is 1. The zero-order valence-corrected chi connectivity index (χ0v) is 15.7. The zero-order valence-electron chi connectivity index (χ0n) is 15.7. The molecular formula is C23H22N2O3. The van der Waals surface area contributed by atoms with Gasteiger partial charge in [-0.05, 0) is 34.9 Å². The highest BCUT2D eigenvalue weighted by molar-refractivity contribution is 5.99. The molecule has 0 saturated heterocycles. The van der Waals surface area contributed by atoms with Gasteiger partial charge in [-0.15, -0.1) is 5.10 Å². The summed E-state index contributed by atoms with van der Waals surface area (Å²) in [5.41, 5.74) is 3.58. The largest absolute Gasteiger partial charge is 0.489 e. The second kappa shape index (κ2) is 9.37. The van der Waals surface area contributed by atoms with E-state index in [0.717, 1.165) is 22.4 Å². The lowest BCUT2D eigenvalue weighted by atomic mass is 10.0. The quantitative estimate of drug-likeness (QED) is 0.218. The van der Waals surface area contributed by atoms with E-state index in [1.807, 2.05) is 72.8 Å². The number of ketones is 1. The van der Waals surface area contributed by atoms with E-state index in [2.05, 4.69) is 5.10 Å². The van der Waals surface area contributed by atoms with Crippen LogP contribution in [-0.2, 0) is 11.3 Å². The molecule has 0 unspecified atom stereocenters. The van der Waals surface area contributed by atoms with Gasteiger partial charge in [-0.1, -0.05) is 60.7 Å². The van der Waals surface area contributed by atoms with E-state index < -0.39 is 0 Å². The molecule has 0 spiro atoms. The van der Waals surface area contributed by atoms with Crippen LogP contribution in [0.3, 0.4) is 0 Å². The van der Waals surface area contributed by atoms with E-state index in [0.29, 0.717) is 12.2 Å². The summed E-state index contributed by atoms with van der Waals surface area (Å²) < 4.78 is 11.1. The number of hydrazone groups is 1. The van der Waals surface area contributed by atoms with E-state index in [1.54, 1.807) is 13.0 Å². The molecule has 0 heterocycles. The zero-order chi connectivity index (χ0) is 19.8. The Morgan fingerprint density at radius 2 is 1.64 bits per heavy atom. The molecule has 142 valence electrons. The highest BCUT2D eigenvalue weighted by Gasteiger charge is 2.09. The first kappa shape index (κ1) is 19.2. The summed E-state index contributed by atoms with van der Waals surface area (Å²) in [4.78, 5) is 12.3. The monoisotopic (exact) mass is 374 g/mol. The molecule has 0 radical (unpaired) electrons. The molecule has 3 aromatic rings. The maximum atomic E-state index is 12.3. The van der Waals surface area contributed by atoms with Gasteiger partial charge in [0, 0.05) is 12.5 Å². The minimum atomic E-state index is -0.138. The molecule has 3 aromatic carbocycles. The van der Waals surface area contributed by atoms with Crippen LogP contribution in [0.1, 0.15) is 22.8 Å². The molecule has 0 bridgehead atoms. The van der Waals surface area contributed by atoms with Crippen molar-refractivity contribution in [2.24, 2.45) is 10.9 Å². The second-order valence-electron chi connectivity index (χ2n) is 6.24. The number of hydrogen-bond acceptors (Lipinski definition) is 5. The van der Waals surface area contributed by atoms with E-state index >= 15 is 0 Å². The Labute approximate surface area is 164 Å². The van der Waals surface area contributed by atoms with Crippen LogP contribution in [0.15, 0.2) is 84.0 Å². The molecule has 0 atom stereocenters. The first-order valence-corrected chi connectivity index (χ1v) is 8.93. The fourth-order valence-electron chi connectivity index (χ4n) is 2.67. The summed E-state index contributed by atoms with van der Waals surface area (Å²) in [5.74, 6) is 6.02. The van der Waals surface area contributed by atoms with Crippen molar-refractivity contribution < 1.29 is 14.3 Å². The van der Waals surface area contributed by atoms with E-state index in [-0.39, 0.29) is 18.3 Å². The van der Waals surface area contributed by atoms with Gasteiger partial charge in [-0.25, -0.2) is 0 Å². The van der Waals surface area contributed by atoms with Crippen LogP contribution in [0, 0.1) is 0 Å². The lowest BCUT2D eigenvalue weighted by molar-refractivity contribution is 0.0912. The molecule has 0 aliphatic heterocycles. The molecule has 2 N–H and O–H groups in total. The summed E-state index contributed by atoms with van der Waals surface area (Å²) in [7, 11) is 0. The SMILES string of the molecule is C/C(=N/N)OCC(=O)c1cccc(-c2cccc(OCc3ccccc3)c2)c1.